The number of piperazine rings is 1. The van der Waals surface area contributed by atoms with Crippen molar-refractivity contribution in [3.05, 3.63) is 46.0 Å². The number of hydrogen-bond acceptors (Lipinski definition) is 3. The Morgan fingerprint density at radius 3 is 2.28 bits per heavy atom. The summed E-state index contributed by atoms with van der Waals surface area (Å²) in [6, 6.07) is 5.66. The van der Waals surface area contributed by atoms with Crippen LogP contribution in [-0.2, 0) is 18.4 Å². The summed E-state index contributed by atoms with van der Waals surface area (Å²) < 4.78 is 3.50. The Morgan fingerprint density at radius 1 is 1.00 bits per heavy atom. The summed E-state index contributed by atoms with van der Waals surface area (Å²) in [5, 5.41) is 0.618. The second-order valence-corrected chi connectivity index (χ2v) is 10.3. The first kappa shape index (κ1) is 21.6. The van der Waals surface area contributed by atoms with Gasteiger partial charge in [-0.3, -0.25) is 13.9 Å². The molecule has 2 aliphatic carbocycles. The van der Waals surface area contributed by atoms with Gasteiger partial charge < -0.3 is 9.80 Å². The summed E-state index contributed by atoms with van der Waals surface area (Å²) in [6.45, 7) is 8.40. The van der Waals surface area contributed by atoms with Gasteiger partial charge in [-0.1, -0.05) is 24.2 Å². The Bertz CT molecular complexity index is 1080. The minimum Gasteiger partial charge on any atom is -0.372 e. The molecule has 1 aromatic carbocycles. The largest absolute Gasteiger partial charge is 0.372 e. The fourth-order valence-corrected chi connectivity index (χ4v) is 5.86. The normalized spacial score (nSPS) is 24.2. The van der Waals surface area contributed by atoms with Crippen molar-refractivity contribution in [1.82, 2.24) is 18.9 Å². The van der Waals surface area contributed by atoms with Crippen molar-refractivity contribution in [2.45, 2.75) is 45.1 Å². The number of halogens is 1. The van der Waals surface area contributed by atoms with Crippen molar-refractivity contribution in [2.75, 3.05) is 26.2 Å². The zero-order chi connectivity index (χ0) is 22.4. The SMILES string of the molecule is C=C(C1CC1)N1CCN(C(=O)C2CCC(Cn3c(=O)n(C)c4cccc(Cl)c43)CC2)CC1. The Balaban J connectivity index is 1.17. The van der Waals surface area contributed by atoms with Crippen molar-refractivity contribution in [1.29, 1.82) is 0 Å². The molecule has 3 fully saturated rings. The first-order valence-electron chi connectivity index (χ1n) is 12.0. The molecule has 0 unspecified atom stereocenters. The molecule has 5 rings (SSSR count). The quantitative estimate of drug-likeness (QED) is 0.686. The molecule has 7 heteroatoms. The van der Waals surface area contributed by atoms with Gasteiger partial charge in [-0.05, 0) is 62.5 Å². The zero-order valence-electron chi connectivity index (χ0n) is 18.9. The van der Waals surface area contributed by atoms with Gasteiger partial charge in [0.15, 0.2) is 0 Å². The van der Waals surface area contributed by atoms with Crippen LogP contribution in [0.1, 0.15) is 38.5 Å². The first-order chi connectivity index (χ1) is 15.4. The molecule has 1 saturated heterocycles. The van der Waals surface area contributed by atoms with E-state index in [0.29, 0.717) is 29.3 Å². The van der Waals surface area contributed by atoms with Crippen molar-refractivity contribution in [3.8, 4) is 0 Å². The highest BCUT2D eigenvalue weighted by Gasteiger charge is 2.34. The van der Waals surface area contributed by atoms with Crippen LogP contribution in [0.15, 0.2) is 35.3 Å². The van der Waals surface area contributed by atoms with E-state index in [1.165, 1.54) is 18.5 Å². The maximum absolute atomic E-state index is 13.1. The number of aromatic nitrogens is 2. The van der Waals surface area contributed by atoms with E-state index in [1.54, 1.807) is 11.6 Å². The van der Waals surface area contributed by atoms with E-state index < -0.39 is 0 Å². The molecule has 0 radical (unpaired) electrons. The molecule has 0 atom stereocenters. The standard InChI is InChI=1S/C25H33ClN4O2/c1-17(19-10-11-19)28-12-14-29(15-13-28)24(31)20-8-6-18(7-9-20)16-30-23-21(26)4-3-5-22(23)27(2)25(30)32/h3-5,18-20H,1,6-16H2,2H3. The summed E-state index contributed by atoms with van der Waals surface area (Å²) in [7, 11) is 1.80. The number of aryl methyl sites for hydroxylation is 1. The van der Waals surface area contributed by atoms with E-state index in [2.05, 4.69) is 16.4 Å². The van der Waals surface area contributed by atoms with Crippen molar-refractivity contribution < 1.29 is 4.79 Å². The summed E-state index contributed by atoms with van der Waals surface area (Å²) in [5.41, 5.74) is 2.96. The first-order valence-corrected chi connectivity index (χ1v) is 12.4. The summed E-state index contributed by atoms with van der Waals surface area (Å²) in [5.74, 6) is 1.54. The molecule has 2 heterocycles. The van der Waals surface area contributed by atoms with Gasteiger partial charge >= 0.3 is 5.69 Å². The van der Waals surface area contributed by atoms with Crippen LogP contribution in [0.2, 0.25) is 5.02 Å². The molecule has 32 heavy (non-hydrogen) atoms. The minimum absolute atomic E-state index is 0.0167. The van der Waals surface area contributed by atoms with Gasteiger partial charge in [-0.2, -0.15) is 0 Å². The zero-order valence-corrected chi connectivity index (χ0v) is 19.7. The van der Waals surface area contributed by atoms with Crippen molar-refractivity contribution >= 4 is 28.5 Å². The molecular formula is C25H33ClN4O2. The molecule has 0 bridgehead atoms. The van der Waals surface area contributed by atoms with E-state index in [-0.39, 0.29) is 11.6 Å². The maximum atomic E-state index is 13.1. The van der Waals surface area contributed by atoms with Gasteiger partial charge in [-0.15, -0.1) is 0 Å². The van der Waals surface area contributed by atoms with E-state index in [4.69, 9.17) is 11.6 Å². The number of rotatable bonds is 5. The lowest BCUT2D eigenvalue weighted by Gasteiger charge is -2.39. The molecular weight excluding hydrogens is 424 g/mol. The molecule has 0 spiro atoms. The predicted molar refractivity (Wildman–Crippen MR) is 128 cm³/mol. The lowest BCUT2D eigenvalue weighted by atomic mass is 9.81. The molecule has 172 valence electrons. The maximum Gasteiger partial charge on any atom is 0.328 e. The van der Waals surface area contributed by atoms with Gasteiger partial charge in [0.2, 0.25) is 5.91 Å². The average Bonchev–Trinajstić information content (AvgIpc) is 3.64. The van der Waals surface area contributed by atoms with Crippen LogP contribution in [0.4, 0.5) is 0 Å². The number of carbonyl (C=O) groups excluding carboxylic acids is 1. The third-order valence-electron chi connectivity index (χ3n) is 7.80. The van der Waals surface area contributed by atoms with Crippen LogP contribution in [0.5, 0.6) is 0 Å². The Kier molecular flexibility index (Phi) is 5.82. The van der Waals surface area contributed by atoms with Gasteiger partial charge in [0.25, 0.3) is 0 Å². The van der Waals surface area contributed by atoms with Gasteiger partial charge in [0.05, 0.1) is 16.1 Å². The van der Waals surface area contributed by atoms with Gasteiger partial charge in [-0.25, -0.2) is 4.79 Å². The number of imidazole rings is 1. The lowest BCUT2D eigenvalue weighted by molar-refractivity contribution is -0.138. The van der Waals surface area contributed by atoms with Crippen LogP contribution in [0.3, 0.4) is 0 Å². The highest BCUT2D eigenvalue weighted by Crippen LogP contribution is 2.38. The van der Waals surface area contributed by atoms with Crippen LogP contribution in [0.25, 0.3) is 11.0 Å². The molecule has 2 saturated carbocycles. The Hall–Kier alpha value is -2.21. The smallest absolute Gasteiger partial charge is 0.328 e. The average molecular weight is 457 g/mol. The van der Waals surface area contributed by atoms with Crippen molar-refractivity contribution in [2.24, 2.45) is 24.8 Å². The Labute approximate surface area is 194 Å². The minimum atomic E-state index is -0.0167. The number of nitrogens with zero attached hydrogens (tertiary/aromatic N) is 4. The highest BCUT2D eigenvalue weighted by molar-refractivity contribution is 6.35. The van der Waals surface area contributed by atoms with Crippen LogP contribution in [0, 0.1) is 17.8 Å². The van der Waals surface area contributed by atoms with E-state index in [1.807, 2.05) is 22.8 Å². The second kappa shape index (κ2) is 8.62. The number of allylic oxidation sites excluding steroid dienone is 1. The topological polar surface area (TPSA) is 50.5 Å². The molecule has 1 amide bonds. The number of hydrogen-bond donors (Lipinski definition) is 0. The highest BCUT2D eigenvalue weighted by atomic mass is 35.5. The molecule has 1 aromatic heterocycles. The fourth-order valence-electron chi connectivity index (χ4n) is 5.59. The summed E-state index contributed by atoms with van der Waals surface area (Å²) in [6.07, 6.45) is 6.32. The summed E-state index contributed by atoms with van der Waals surface area (Å²) in [4.78, 5) is 30.4. The van der Waals surface area contributed by atoms with E-state index in [0.717, 1.165) is 62.9 Å². The summed E-state index contributed by atoms with van der Waals surface area (Å²) >= 11 is 6.43. The lowest BCUT2D eigenvalue weighted by Crippen LogP contribution is -2.50. The second-order valence-electron chi connectivity index (χ2n) is 9.86. The van der Waals surface area contributed by atoms with Crippen molar-refractivity contribution in [3.63, 3.8) is 0 Å². The van der Waals surface area contributed by atoms with Crippen LogP contribution in [-0.4, -0.2) is 51.0 Å². The molecule has 1 aliphatic heterocycles. The third-order valence-corrected chi connectivity index (χ3v) is 8.10. The molecule has 6 nitrogen and oxygen atoms in total. The van der Waals surface area contributed by atoms with E-state index in [9.17, 15) is 9.59 Å². The number of benzene rings is 1. The van der Waals surface area contributed by atoms with Gasteiger partial charge in [0, 0.05) is 51.4 Å². The Morgan fingerprint density at radius 2 is 1.62 bits per heavy atom. The van der Waals surface area contributed by atoms with Gasteiger partial charge in [0.1, 0.15) is 0 Å². The van der Waals surface area contributed by atoms with Crippen LogP contribution >= 0.6 is 11.6 Å². The van der Waals surface area contributed by atoms with Crippen LogP contribution < -0.4 is 5.69 Å². The number of carbonyl (C=O) groups is 1. The third kappa shape index (κ3) is 3.98. The molecule has 2 aromatic rings. The number of para-hydroxylation sites is 1. The molecule has 3 aliphatic rings. The molecule has 0 N–H and O–H groups in total. The monoisotopic (exact) mass is 456 g/mol. The van der Waals surface area contributed by atoms with E-state index >= 15 is 0 Å². The number of amides is 1. The predicted octanol–water partition coefficient (Wildman–Crippen LogP) is 3.87. The number of fused-ring (bicyclic) bond motifs is 1. The fraction of sp³-hybridized carbons (Fsp3) is 0.600.